The van der Waals surface area contributed by atoms with E-state index in [0.717, 1.165) is 43.9 Å². The molecule has 108 valence electrons. The molecule has 3 rings (SSSR count). The first-order valence-corrected chi connectivity index (χ1v) is 7.33. The van der Waals surface area contributed by atoms with Crippen LogP contribution in [0.3, 0.4) is 0 Å². The molecule has 1 N–H and O–H groups in total. The number of aryl methyl sites for hydroxylation is 1. The summed E-state index contributed by atoms with van der Waals surface area (Å²) in [6.45, 7) is 5.72. The zero-order chi connectivity index (χ0) is 14.2. The molecule has 2 saturated heterocycles. The summed E-state index contributed by atoms with van der Waals surface area (Å²) in [5.74, 6) is 0.241. The molecule has 0 aliphatic carbocycles. The topological polar surface area (TPSA) is 43.8 Å². The second-order valence-electron chi connectivity index (χ2n) is 6.19. The number of aliphatic hydroxyl groups is 1. The number of carbonyl (C=O) groups is 1. The van der Waals surface area contributed by atoms with E-state index in [9.17, 15) is 4.79 Å². The second kappa shape index (κ2) is 5.19. The highest BCUT2D eigenvalue weighted by molar-refractivity contribution is 5.97. The van der Waals surface area contributed by atoms with Crippen molar-refractivity contribution in [3.05, 3.63) is 29.8 Å². The van der Waals surface area contributed by atoms with Gasteiger partial charge in [0, 0.05) is 37.2 Å². The van der Waals surface area contributed by atoms with Crippen molar-refractivity contribution in [2.24, 2.45) is 5.41 Å². The molecule has 20 heavy (non-hydrogen) atoms. The fraction of sp³-hybridized carbons (Fsp3) is 0.562. The number of carbonyl (C=O) groups excluding carboxylic acids is 1. The molecule has 1 spiro atoms. The molecular weight excluding hydrogens is 252 g/mol. The first kappa shape index (κ1) is 13.6. The van der Waals surface area contributed by atoms with Gasteiger partial charge in [0.05, 0.1) is 6.61 Å². The summed E-state index contributed by atoms with van der Waals surface area (Å²) in [4.78, 5) is 16.6. The van der Waals surface area contributed by atoms with Crippen LogP contribution >= 0.6 is 0 Å². The van der Waals surface area contributed by atoms with Crippen molar-refractivity contribution in [3.63, 3.8) is 0 Å². The van der Waals surface area contributed by atoms with Crippen LogP contribution in [0.1, 0.15) is 18.4 Å². The van der Waals surface area contributed by atoms with Crippen LogP contribution in [0.4, 0.5) is 5.69 Å². The lowest BCUT2D eigenvalue weighted by Crippen LogP contribution is -2.32. The summed E-state index contributed by atoms with van der Waals surface area (Å²) in [5, 5.41) is 9.06. The first-order chi connectivity index (χ1) is 9.63. The van der Waals surface area contributed by atoms with Crippen LogP contribution in [0.25, 0.3) is 0 Å². The number of aliphatic hydroxyl groups excluding tert-OH is 1. The normalized spacial score (nSPS) is 26.9. The van der Waals surface area contributed by atoms with Crippen molar-refractivity contribution in [1.29, 1.82) is 0 Å². The Bertz CT molecular complexity index is 517. The maximum absolute atomic E-state index is 12.4. The van der Waals surface area contributed by atoms with Gasteiger partial charge in [-0.2, -0.15) is 0 Å². The third-order valence-corrected chi connectivity index (χ3v) is 4.66. The Hall–Kier alpha value is -1.39. The van der Waals surface area contributed by atoms with Gasteiger partial charge in [0.1, 0.15) is 0 Å². The van der Waals surface area contributed by atoms with Crippen molar-refractivity contribution < 1.29 is 9.90 Å². The second-order valence-corrected chi connectivity index (χ2v) is 6.19. The summed E-state index contributed by atoms with van der Waals surface area (Å²) >= 11 is 0. The van der Waals surface area contributed by atoms with Crippen LogP contribution in [0.2, 0.25) is 0 Å². The highest BCUT2D eigenvalue weighted by atomic mass is 16.3. The molecule has 0 saturated carbocycles. The first-order valence-electron chi connectivity index (χ1n) is 7.33. The van der Waals surface area contributed by atoms with E-state index in [0.29, 0.717) is 6.42 Å². The Balaban J connectivity index is 1.78. The molecule has 1 aromatic carbocycles. The molecule has 4 nitrogen and oxygen atoms in total. The lowest BCUT2D eigenvalue weighted by atomic mass is 9.86. The van der Waals surface area contributed by atoms with Gasteiger partial charge in [0.25, 0.3) is 0 Å². The van der Waals surface area contributed by atoms with E-state index in [1.807, 2.05) is 23.1 Å². The number of hydrogen-bond donors (Lipinski definition) is 1. The largest absolute Gasteiger partial charge is 0.395 e. The number of nitrogens with zero attached hydrogens (tertiary/aromatic N) is 2. The number of benzene rings is 1. The number of para-hydroxylation sites is 1. The Morgan fingerprint density at radius 2 is 2.10 bits per heavy atom. The van der Waals surface area contributed by atoms with Crippen LogP contribution in [0.15, 0.2) is 24.3 Å². The predicted octanol–water partition coefficient (Wildman–Crippen LogP) is 1.42. The Labute approximate surface area is 120 Å². The van der Waals surface area contributed by atoms with E-state index in [1.165, 1.54) is 0 Å². The molecule has 0 bridgehead atoms. The third kappa shape index (κ3) is 2.34. The number of amides is 1. The third-order valence-electron chi connectivity index (χ3n) is 4.66. The Morgan fingerprint density at radius 1 is 1.30 bits per heavy atom. The summed E-state index contributed by atoms with van der Waals surface area (Å²) in [7, 11) is 0. The van der Waals surface area contributed by atoms with Crippen molar-refractivity contribution in [2.45, 2.75) is 19.8 Å². The smallest absolute Gasteiger partial charge is 0.227 e. The van der Waals surface area contributed by atoms with Crippen LogP contribution in [0, 0.1) is 12.3 Å². The summed E-state index contributed by atoms with van der Waals surface area (Å²) < 4.78 is 0. The lowest BCUT2D eigenvalue weighted by Gasteiger charge is -2.24. The maximum atomic E-state index is 12.4. The van der Waals surface area contributed by atoms with Crippen LogP contribution in [0.5, 0.6) is 0 Å². The van der Waals surface area contributed by atoms with Gasteiger partial charge in [0.2, 0.25) is 5.91 Å². The van der Waals surface area contributed by atoms with Gasteiger partial charge in [-0.05, 0) is 31.5 Å². The monoisotopic (exact) mass is 274 g/mol. The van der Waals surface area contributed by atoms with Gasteiger partial charge in [-0.25, -0.2) is 0 Å². The highest BCUT2D eigenvalue weighted by Crippen LogP contribution is 2.42. The molecule has 1 aromatic rings. The van der Waals surface area contributed by atoms with Gasteiger partial charge >= 0.3 is 0 Å². The Kier molecular flexibility index (Phi) is 3.52. The van der Waals surface area contributed by atoms with E-state index in [-0.39, 0.29) is 17.9 Å². The molecule has 0 radical (unpaired) electrons. The minimum absolute atomic E-state index is 0.0918. The molecule has 0 unspecified atom stereocenters. The summed E-state index contributed by atoms with van der Waals surface area (Å²) in [6, 6.07) is 8.09. The number of hydrogen-bond acceptors (Lipinski definition) is 3. The molecule has 1 amide bonds. The van der Waals surface area contributed by atoms with Crippen molar-refractivity contribution in [3.8, 4) is 0 Å². The van der Waals surface area contributed by atoms with E-state index in [1.54, 1.807) is 0 Å². The van der Waals surface area contributed by atoms with E-state index >= 15 is 0 Å². The fourth-order valence-electron chi connectivity index (χ4n) is 3.61. The standard InChI is InChI=1S/C16H22N2O2/c1-13-4-2-3-5-14(13)18-12-16(10-15(18)20)6-7-17(11-16)8-9-19/h2-5,19H,6-12H2,1H3/t16-/m0/s1. The molecule has 2 aliphatic heterocycles. The number of rotatable bonds is 3. The average molecular weight is 274 g/mol. The zero-order valence-electron chi connectivity index (χ0n) is 12.0. The summed E-state index contributed by atoms with van der Waals surface area (Å²) in [6.07, 6.45) is 1.70. The summed E-state index contributed by atoms with van der Waals surface area (Å²) in [5.41, 5.74) is 2.30. The van der Waals surface area contributed by atoms with Gasteiger partial charge < -0.3 is 14.9 Å². The minimum Gasteiger partial charge on any atom is -0.395 e. The lowest BCUT2D eigenvalue weighted by molar-refractivity contribution is -0.117. The van der Waals surface area contributed by atoms with Gasteiger partial charge in [0.15, 0.2) is 0 Å². The van der Waals surface area contributed by atoms with Crippen molar-refractivity contribution in [2.75, 3.05) is 37.7 Å². The number of likely N-dealkylation sites (tertiary alicyclic amines) is 1. The molecule has 2 aliphatic rings. The molecule has 0 aromatic heterocycles. The van der Waals surface area contributed by atoms with Gasteiger partial charge in [-0.15, -0.1) is 0 Å². The minimum atomic E-state index is 0.0918. The van der Waals surface area contributed by atoms with Crippen molar-refractivity contribution in [1.82, 2.24) is 4.90 Å². The number of β-amino-alcohol motifs (C(OH)–C–C–N with tert-alkyl or cyclic N) is 1. The van der Waals surface area contributed by atoms with E-state index in [2.05, 4.69) is 17.9 Å². The van der Waals surface area contributed by atoms with Gasteiger partial charge in [-0.3, -0.25) is 4.79 Å². The number of anilines is 1. The average Bonchev–Trinajstić information content (AvgIpc) is 2.95. The van der Waals surface area contributed by atoms with Crippen molar-refractivity contribution >= 4 is 11.6 Å². The maximum Gasteiger partial charge on any atom is 0.227 e. The van der Waals surface area contributed by atoms with E-state index < -0.39 is 0 Å². The quantitative estimate of drug-likeness (QED) is 0.906. The highest BCUT2D eigenvalue weighted by Gasteiger charge is 2.47. The molecule has 4 heteroatoms. The SMILES string of the molecule is Cc1ccccc1N1C[C@@]2(CCN(CCO)C2)CC1=O. The van der Waals surface area contributed by atoms with E-state index in [4.69, 9.17) is 5.11 Å². The molecule has 2 fully saturated rings. The van der Waals surface area contributed by atoms with Crippen LogP contribution in [-0.2, 0) is 4.79 Å². The zero-order valence-corrected chi connectivity index (χ0v) is 12.0. The fourth-order valence-corrected chi connectivity index (χ4v) is 3.61. The Morgan fingerprint density at radius 3 is 2.85 bits per heavy atom. The molecule has 2 heterocycles. The molecular formula is C16H22N2O2. The molecule has 1 atom stereocenters. The van der Waals surface area contributed by atoms with Crippen LogP contribution < -0.4 is 4.90 Å². The predicted molar refractivity (Wildman–Crippen MR) is 78.7 cm³/mol. The van der Waals surface area contributed by atoms with Crippen LogP contribution in [-0.4, -0.2) is 48.7 Å². The van der Waals surface area contributed by atoms with Gasteiger partial charge in [-0.1, -0.05) is 18.2 Å².